The van der Waals surface area contributed by atoms with Crippen molar-refractivity contribution < 1.29 is 48.3 Å². The standard InChI is InChI=1S/C19H21N5O10S2/c1-6(2)12(16(28)29)34-23-10(8-4-35-18(20)21-8)13(26)22-11-14(27)24-15(11)36(32)5-7-3-9(25)33-19(7,24)17(30)31/h4,6-7,11-12,15H,3,5H2,1-2H3,(H2,20,21)(H,22,26)(H,28,29)(H,30,31)/b23-10-/t7-,11+,12-,15+,19+,36-/m0/s1. The van der Waals surface area contributed by atoms with Crippen molar-refractivity contribution in [1.29, 1.82) is 0 Å². The van der Waals surface area contributed by atoms with Crippen LogP contribution in [-0.2, 0) is 44.7 Å². The number of carboxylic acid groups (broad SMARTS) is 2. The van der Waals surface area contributed by atoms with Gasteiger partial charge >= 0.3 is 17.9 Å². The molecule has 194 valence electrons. The predicted molar refractivity (Wildman–Crippen MR) is 121 cm³/mol. The fraction of sp³-hybridized carbons (Fsp3) is 0.526. The van der Waals surface area contributed by atoms with Gasteiger partial charge < -0.3 is 35.4 Å². The molecule has 0 unspecified atom stereocenters. The smallest absolute Gasteiger partial charge is 0.371 e. The van der Waals surface area contributed by atoms with Crippen molar-refractivity contribution in [3.63, 3.8) is 0 Å². The SMILES string of the molecule is CC(C)[C@H](O/N=C(\C(=O)N[C@@H]1C(=O)N2[C@@H]1[S@@+]([O-])C[C@@H]1CC(=O)O[C@@]12C(=O)O)c1csc(N)n1)C(=O)O. The van der Waals surface area contributed by atoms with E-state index >= 15 is 0 Å². The highest BCUT2D eigenvalue weighted by Gasteiger charge is 2.76. The molecule has 0 spiro atoms. The third-order valence-corrected chi connectivity index (χ3v) is 8.38. The summed E-state index contributed by atoms with van der Waals surface area (Å²) in [6, 6.07) is -1.43. The summed E-state index contributed by atoms with van der Waals surface area (Å²) in [5.41, 5.74) is 2.76. The average molecular weight is 544 g/mol. The molecule has 1 aromatic heterocycles. The fourth-order valence-electron chi connectivity index (χ4n) is 4.27. The summed E-state index contributed by atoms with van der Waals surface area (Å²) in [6.45, 7) is 3.13. The number of nitrogens with one attached hydrogen (secondary N) is 1. The Labute approximate surface area is 209 Å². The average Bonchev–Trinajstić information content (AvgIpc) is 3.35. The first-order valence-electron chi connectivity index (χ1n) is 10.5. The molecule has 3 fully saturated rings. The van der Waals surface area contributed by atoms with E-state index in [1.807, 2.05) is 0 Å². The first-order chi connectivity index (χ1) is 16.9. The molecule has 36 heavy (non-hydrogen) atoms. The minimum absolute atomic E-state index is 0.0666. The van der Waals surface area contributed by atoms with Crippen LogP contribution < -0.4 is 11.1 Å². The van der Waals surface area contributed by atoms with Crippen LogP contribution in [0.4, 0.5) is 5.13 Å². The van der Waals surface area contributed by atoms with E-state index in [9.17, 15) is 38.7 Å². The summed E-state index contributed by atoms with van der Waals surface area (Å²) in [6.07, 6.45) is -1.72. The number of ether oxygens (including phenoxy) is 1. The predicted octanol–water partition coefficient (Wildman–Crippen LogP) is -1.69. The molecule has 2 amide bonds. The summed E-state index contributed by atoms with van der Waals surface area (Å²) in [7, 11) is 0. The van der Waals surface area contributed by atoms with E-state index in [2.05, 4.69) is 15.5 Å². The van der Waals surface area contributed by atoms with E-state index in [1.54, 1.807) is 13.8 Å². The van der Waals surface area contributed by atoms with Gasteiger partial charge in [0.15, 0.2) is 16.9 Å². The Morgan fingerprint density at radius 1 is 1.42 bits per heavy atom. The number of aromatic nitrogens is 1. The molecule has 3 aliphatic rings. The quantitative estimate of drug-likeness (QED) is 0.0945. The lowest BCUT2D eigenvalue weighted by Crippen LogP contribution is -2.84. The van der Waals surface area contributed by atoms with Crippen molar-refractivity contribution in [1.82, 2.24) is 15.2 Å². The Bertz CT molecular complexity index is 1170. The lowest BCUT2D eigenvalue weighted by Gasteiger charge is -2.55. The lowest BCUT2D eigenvalue weighted by atomic mass is 9.89. The van der Waals surface area contributed by atoms with Gasteiger partial charge in [-0.3, -0.25) is 14.4 Å². The van der Waals surface area contributed by atoms with Gasteiger partial charge in [-0.15, -0.1) is 11.3 Å². The summed E-state index contributed by atoms with van der Waals surface area (Å²) < 4.78 is 17.9. The zero-order chi connectivity index (χ0) is 26.5. The van der Waals surface area contributed by atoms with Crippen molar-refractivity contribution in [2.24, 2.45) is 17.0 Å². The molecular weight excluding hydrogens is 522 g/mol. The number of β-lactam (4-membered cyclic amide) rings is 1. The second kappa shape index (κ2) is 9.21. The van der Waals surface area contributed by atoms with E-state index in [4.69, 9.17) is 15.3 Å². The first kappa shape index (κ1) is 25.6. The van der Waals surface area contributed by atoms with Gasteiger partial charge in [-0.1, -0.05) is 19.0 Å². The van der Waals surface area contributed by atoms with Gasteiger partial charge in [-0.25, -0.2) is 19.5 Å². The number of nitrogens with zero attached hydrogens (tertiary/aromatic N) is 3. The number of nitrogens with two attached hydrogens (primary N) is 1. The number of hydrogen-bond acceptors (Lipinski definition) is 12. The number of hydrogen-bond donors (Lipinski definition) is 4. The van der Waals surface area contributed by atoms with Gasteiger partial charge in [-0.2, -0.15) is 0 Å². The van der Waals surface area contributed by atoms with Crippen molar-refractivity contribution in [3.8, 4) is 0 Å². The Balaban J connectivity index is 1.60. The number of anilines is 1. The monoisotopic (exact) mass is 543 g/mol. The molecule has 6 atom stereocenters. The molecule has 3 aliphatic heterocycles. The molecule has 0 aliphatic carbocycles. The number of oxime groups is 1. The van der Waals surface area contributed by atoms with E-state index in [0.717, 1.165) is 16.2 Å². The Morgan fingerprint density at radius 2 is 2.11 bits per heavy atom. The third-order valence-electron chi connectivity index (χ3n) is 5.95. The van der Waals surface area contributed by atoms with Crippen LogP contribution in [0.1, 0.15) is 26.0 Å². The first-order valence-corrected chi connectivity index (χ1v) is 12.8. The zero-order valence-corrected chi connectivity index (χ0v) is 20.4. The number of fused-ring (bicyclic) bond motifs is 3. The number of carboxylic acids is 2. The van der Waals surface area contributed by atoms with E-state index in [1.165, 1.54) is 5.38 Å². The van der Waals surface area contributed by atoms with Gasteiger partial charge in [-0.05, 0) is 11.2 Å². The molecule has 3 saturated heterocycles. The fourth-order valence-corrected chi connectivity index (χ4v) is 6.73. The zero-order valence-electron chi connectivity index (χ0n) is 18.8. The summed E-state index contributed by atoms with van der Waals surface area (Å²) in [5.74, 6) is -7.46. The molecule has 0 bridgehead atoms. The Kier molecular flexibility index (Phi) is 6.56. The minimum atomic E-state index is -2.30. The molecule has 17 heteroatoms. The molecular formula is C19H21N5O10S2. The maximum atomic E-state index is 13.1. The Morgan fingerprint density at radius 3 is 2.67 bits per heavy atom. The number of carbonyl (C=O) groups is 5. The van der Waals surface area contributed by atoms with Gasteiger partial charge in [0.05, 0.1) is 12.3 Å². The summed E-state index contributed by atoms with van der Waals surface area (Å²) in [5, 5.41) is 25.3. The van der Waals surface area contributed by atoms with Gasteiger partial charge in [0.1, 0.15) is 11.4 Å². The summed E-state index contributed by atoms with van der Waals surface area (Å²) in [4.78, 5) is 71.2. The maximum Gasteiger partial charge on any atom is 0.371 e. The molecule has 0 radical (unpaired) electrons. The van der Waals surface area contributed by atoms with Crippen LogP contribution in [0.15, 0.2) is 10.5 Å². The van der Waals surface area contributed by atoms with Crippen LogP contribution in [0.2, 0.25) is 0 Å². The second-order valence-electron chi connectivity index (χ2n) is 8.59. The van der Waals surface area contributed by atoms with Crippen LogP contribution >= 0.6 is 11.3 Å². The third kappa shape index (κ3) is 4.01. The molecule has 4 rings (SSSR count). The van der Waals surface area contributed by atoms with Crippen molar-refractivity contribution >= 4 is 63.1 Å². The van der Waals surface area contributed by atoms with Crippen LogP contribution in [0, 0.1) is 11.8 Å². The highest BCUT2D eigenvalue weighted by atomic mass is 32.2. The second-order valence-corrected chi connectivity index (χ2v) is 11.1. The number of esters is 1. The molecule has 0 aromatic carbocycles. The molecule has 5 N–H and O–H groups in total. The highest BCUT2D eigenvalue weighted by molar-refractivity contribution is 7.92. The van der Waals surface area contributed by atoms with Crippen LogP contribution in [0.3, 0.4) is 0 Å². The van der Waals surface area contributed by atoms with Crippen LogP contribution in [-0.4, -0.2) is 89.1 Å². The van der Waals surface area contributed by atoms with E-state index < -0.39 is 81.7 Å². The van der Waals surface area contributed by atoms with Crippen molar-refractivity contribution in [2.45, 2.75) is 43.5 Å². The number of aliphatic carboxylic acids is 2. The summed E-state index contributed by atoms with van der Waals surface area (Å²) >= 11 is -0.864. The minimum Gasteiger partial charge on any atom is -0.615 e. The number of carbonyl (C=O) groups excluding carboxylic acids is 3. The van der Waals surface area contributed by atoms with E-state index in [-0.39, 0.29) is 23.0 Å². The van der Waals surface area contributed by atoms with Gasteiger partial charge in [0, 0.05) is 11.3 Å². The normalized spacial score (nSPS) is 30.1. The number of amides is 2. The number of nitrogen functional groups attached to an aromatic ring is 1. The molecule has 4 heterocycles. The topological polar surface area (TPSA) is 234 Å². The van der Waals surface area contributed by atoms with Gasteiger partial charge in [0.2, 0.25) is 11.5 Å². The van der Waals surface area contributed by atoms with Crippen molar-refractivity contribution in [3.05, 3.63) is 11.1 Å². The molecule has 15 nitrogen and oxygen atoms in total. The number of thiazole rings is 1. The largest absolute Gasteiger partial charge is 0.615 e. The van der Waals surface area contributed by atoms with E-state index in [0.29, 0.717) is 0 Å². The molecule has 1 aromatic rings. The maximum absolute atomic E-state index is 13.1. The highest BCUT2D eigenvalue weighted by Crippen LogP contribution is 2.48. The lowest BCUT2D eigenvalue weighted by molar-refractivity contribution is -0.216. The molecule has 0 saturated carbocycles. The number of rotatable bonds is 8. The van der Waals surface area contributed by atoms with Crippen molar-refractivity contribution in [2.75, 3.05) is 11.5 Å². The van der Waals surface area contributed by atoms with Crippen LogP contribution in [0.5, 0.6) is 0 Å². The Hall–Kier alpha value is -3.44. The van der Waals surface area contributed by atoms with Gasteiger partial charge in [0.25, 0.3) is 17.5 Å². The van der Waals surface area contributed by atoms with Crippen LogP contribution in [0.25, 0.3) is 0 Å².